The fourth-order valence-electron chi connectivity index (χ4n) is 4.39. The van der Waals surface area contributed by atoms with Crippen LogP contribution in [0.1, 0.15) is 57.6 Å². The van der Waals surface area contributed by atoms with Crippen LogP contribution in [-0.4, -0.2) is 36.8 Å². The lowest BCUT2D eigenvalue weighted by Gasteiger charge is -2.22. The molecule has 34 heavy (non-hydrogen) atoms. The quantitative estimate of drug-likeness (QED) is 0.308. The van der Waals surface area contributed by atoms with Crippen LogP contribution in [0.4, 0.5) is 11.8 Å². The zero-order chi connectivity index (χ0) is 23.5. The zero-order valence-electron chi connectivity index (χ0n) is 19.8. The first kappa shape index (κ1) is 22.4. The van der Waals surface area contributed by atoms with E-state index in [0.29, 0.717) is 37.3 Å². The highest BCUT2D eigenvalue weighted by molar-refractivity contribution is 5.84. The standard InChI is InChI=1S/C26H32N6O2/c1-3-26(2,33)16-28-25-30-23(22-24(31-25)32(17-29-22)21-6-4-5-7-21)27-14-18-8-10-19(11-9-18)20-12-13-34-15-20/h8-13,15,17,21,33H,3-7,14,16H2,1-2H3,(H2,27,28,30,31). The molecule has 1 unspecified atom stereocenters. The molecular weight excluding hydrogens is 428 g/mol. The van der Waals surface area contributed by atoms with Crippen molar-refractivity contribution in [3.8, 4) is 11.1 Å². The molecule has 0 spiro atoms. The van der Waals surface area contributed by atoms with Crippen molar-refractivity contribution in [1.29, 1.82) is 0 Å². The van der Waals surface area contributed by atoms with Gasteiger partial charge in [-0.25, -0.2) is 4.98 Å². The van der Waals surface area contributed by atoms with Crippen molar-refractivity contribution < 1.29 is 9.52 Å². The maximum atomic E-state index is 10.4. The van der Waals surface area contributed by atoms with E-state index in [9.17, 15) is 5.11 Å². The summed E-state index contributed by atoms with van der Waals surface area (Å²) in [5, 5.41) is 17.1. The van der Waals surface area contributed by atoms with Gasteiger partial charge in [-0.1, -0.05) is 44.0 Å². The van der Waals surface area contributed by atoms with Gasteiger partial charge in [-0.3, -0.25) is 0 Å². The molecule has 0 radical (unpaired) electrons. The zero-order valence-corrected chi connectivity index (χ0v) is 19.8. The van der Waals surface area contributed by atoms with Crippen molar-refractivity contribution >= 4 is 22.9 Å². The Morgan fingerprint density at radius 2 is 1.88 bits per heavy atom. The molecule has 5 rings (SSSR count). The molecule has 3 heterocycles. The first-order valence-electron chi connectivity index (χ1n) is 12.1. The van der Waals surface area contributed by atoms with Crippen LogP contribution in [-0.2, 0) is 6.54 Å². The minimum atomic E-state index is -0.825. The molecule has 1 aliphatic rings. The van der Waals surface area contributed by atoms with Crippen molar-refractivity contribution in [3.63, 3.8) is 0 Å². The molecule has 0 saturated heterocycles. The summed E-state index contributed by atoms with van der Waals surface area (Å²) >= 11 is 0. The number of nitrogens with one attached hydrogen (secondary N) is 2. The predicted octanol–water partition coefficient (Wildman–Crippen LogP) is 5.39. The number of nitrogens with zero attached hydrogens (tertiary/aromatic N) is 4. The minimum absolute atomic E-state index is 0.376. The number of imidazole rings is 1. The molecule has 3 N–H and O–H groups in total. The van der Waals surface area contributed by atoms with E-state index in [0.717, 1.165) is 40.7 Å². The number of fused-ring (bicyclic) bond motifs is 1. The van der Waals surface area contributed by atoms with Gasteiger partial charge in [0.2, 0.25) is 5.95 Å². The van der Waals surface area contributed by atoms with E-state index in [2.05, 4.69) is 44.5 Å². The number of benzene rings is 1. The van der Waals surface area contributed by atoms with E-state index in [1.807, 2.05) is 26.2 Å². The molecule has 8 nitrogen and oxygen atoms in total. The summed E-state index contributed by atoms with van der Waals surface area (Å²) in [5.74, 6) is 1.19. The molecule has 8 heteroatoms. The fourth-order valence-corrected chi connectivity index (χ4v) is 4.39. The van der Waals surface area contributed by atoms with Crippen LogP contribution in [0, 0.1) is 0 Å². The lowest BCUT2D eigenvalue weighted by atomic mass is 10.0. The van der Waals surface area contributed by atoms with Crippen LogP contribution in [0.5, 0.6) is 0 Å². The second-order valence-electron chi connectivity index (χ2n) is 9.42. The highest BCUT2D eigenvalue weighted by Gasteiger charge is 2.23. The number of aromatic nitrogens is 4. The Morgan fingerprint density at radius 1 is 1.09 bits per heavy atom. The summed E-state index contributed by atoms with van der Waals surface area (Å²) in [4.78, 5) is 14.2. The molecule has 1 aromatic carbocycles. The SMILES string of the molecule is CCC(C)(O)CNc1nc(NCc2ccc(-c3ccoc3)cc2)c2ncn(C3CCCC3)c2n1. The van der Waals surface area contributed by atoms with Gasteiger partial charge >= 0.3 is 0 Å². The van der Waals surface area contributed by atoms with Crippen LogP contribution in [0.25, 0.3) is 22.3 Å². The molecular formula is C26H32N6O2. The van der Waals surface area contributed by atoms with Crippen LogP contribution >= 0.6 is 0 Å². The number of anilines is 2. The number of hydrogen-bond donors (Lipinski definition) is 3. The Hall–Kier alpha value is -3.39. The molecule has 0 amide bonds. The molecule has 1 saturated carbocycles. The van der Waals surface area contributed by atoms with Crippen LogP contribution in [0.2, 0.25) is 0 Å². The molecule has 4 aromatic rings. The van der Waals surface area contributed by atoms with Gasteiger partial charge in [0.25, 0.3) is 0 Å². The maximum absolute atomic E-state index is 10.4. The lowest BCUT2D eigenvalue weighted by molar-refractivity contribution is 0.0695. The highest BCUT2D eigenvalue weighted by atomic mass is 16.3. The average molecular weight is 461 g/mol. The number of rotatable bonds is 9. The van der Waals surface area contributed by atoms with Crippen molar-refractivity contribution in [2.24, 2.45) is 0 Å². The van der Waals surface area contributed by atoms with Crippen molar-refractivity contribution in [3.05, 3.63) is 54.7 Å². The number of aliphatic hydroxyl groups is 1. The van der Waals surface area contributed by atoms with Gasteiger partial charge in [0.1, 0.15) is 0 Å². The Labute approximate surface area is 199 Å². The third-order valence-electron chi connectivity index (χ3n) is 6.80. The highest BCUT2D eigenvalue weighted by Crippen LogP contribution is 2.33. The summed E-state index contributed by atoms with van der Waals surface area (Å²) in [6, 6.07) is 10.8. The summed E-state index contributed by atoms with van der Waals surface area (Å²) in [6.45, 7) is 4.76. The van der Waals surface area contributed by atoms with Gasteiger partial charge in [0, 0.05) is 24.7 Å². The van der Waals surface area contributed by atoms with Gasteiger partial charge in [-0.15, -0.1) is 0 Å². The Bertz CT molecular complexity index is 1220. The molecule has 0 aliphatic heterocycles. The molecule has 1 atom stereocenters. The second kappa shape index (κ2) is 9.46. The summed E-state index contributed by atoms with van der Waals surface area (Å²) in [6.07, 6.45) is 10.7. The van der Waals surface area contributed by atoms with Crippen molar-refractivity contribution in [2.45, 2.75) is 64.1 Å². The largest absolute Gasteiger partial charge is 0.472 e. The summed E-state index contributed by atoms with van der Waals surface area (Å²) in [7, 11) is 0. The average Bonchev–Trinajstić information content (AvgIpc) is 3.63. The Morgan fingerprint density at radius 3 is 2.59 bits per heavy atom. The first-order chi connectivity index (χ1) is 16.5. The normalized spacial score (nSPS) is 16.1. The summed E-state index contributed by atoms with van der Waals surface area (Å²) in [5.41, 5.74) is 4.10. The van der Waals surface area contributed by atoms with E-state index >= 15 is 0 Å². The van der Waals surface area contributed by atoms with E-state index in [1.165, 1.54) is 12.8 Å². The third-order valence-corrected chi connectivity index (χ3v) is 6.80. The van der Waals surface area contributed by atoms with Crippen LogP contribution in [0.3, 0.4) is 0 Å². The molecule has 0 bridgehead atoms. The minimum Gasteiger partial charge on any atom is -0.472 e. The Balaban J connectivity index is 1.40. The molecule has 3 aromatic heterocycles. The number of hydrogen-bond acceptors (Lipinski definition) is 7. The van der Waals surface area contributed by atoms with E-state index in [4.69, 9.17) is 14.4 Å². The van der Waals surface area contributed by atoms with E-state index < -0.39 is 5.60 Å². The van der Waals surface area contributed by atoms with Gasteiger partial charge < -0.3 is 24.7 Å². The molecule has 1 fully saturated rings. The Kier molecular flexibility index (Phi) is 6.24. The van der Waals surface area contributed by atoms with Gasteiger partial charge in [0.05, 0.1) is 24.5 Å². The second-order valence-corrected chi connectivity index (χ2v) is 9.42. The smallest absolute Gasteiger partial charge is 0.226 e. The topological polar surface area (TPSA) is 101 Å². The molecule has 178 valence electrons. The summed E-state index contributed by atoms with van der Waals surface area (Å²) < 4.78 is 7.38. The fraction of sp³-hybridized carbons (Fsp3) is 0.423. The van der Waals surface area contributed by atoms with Crippen molar-refractivity contribution in [2.75, 3.05) is 17.2 Å². The van der Waals surface area contributed by atoms with E-state index in [-0.39, 0.29) is 0 Å². The monoisotopic (exact) mass is 460 g/mol. The van der Waals surface area contributed by atoms with Gasteiger partial charge in [-0.05, 0) is 43.4 Å². The lowest BCUT2D eigenvalue weighted by Crippen LogP contribution is -2.33. The molecule has 1 aliphatic carbocycles. The number of furan rings is 1. The maximum Gasteiger partial charge on any atom is 0.226 e. The van der Waals surface area contributed by atoms with Gasteiger partial charge in [0.15, 0.2) is 17.0 Å². The van der Waals surface area contributed by atoms with Crippen LogP contribution < -0.4 is 10.6 Å². The first-order valence-corrected chi connectivity index (χ1v) is 12.1. The predicted molar refractivity (Wildman–Crippen MR) is 134 cm³/mol. The third kappa shape index (κ3) is 4.77. The van der Waals surface area contributed by atoms with Gasteiger partial charge in [-0.2, -0.15) is 9.97 Å². The van der Waals surface area contributed by atoms with Crippen molar-refractivity contribution in [1.82, 2.24) is 19.5 Å². The van der Waals surface area contributed by atoms with Crippen LogP contribution in [0.15, 0.2) is 53.6 Å². The van der Waals surface area contributed by atoms with E-state index in [1.54, 1.807) is 12.5 Å².